The quantitative estimate of drug-likeness (QED) is 0.401. The summed E-state index contributed by atoms with van der Waals surface area (Å²) in [7, 11) is -4.69. The number of hydrogen-bond donors (Lipinski definition) is 1. The number of nitrogens with zero attached hydrogens (tertiary/aromatic N) is 4. The molecule has 0 spiro atoms. The first-order chi connectivity index (χ1) is 16.4. The topological polar surface area (TPSA) is 141 Å². The summed E-state index contributed by atoms with van der Waals surface area (Å²) < 4.78 is 32.7. The summed E-state index contributed by atoms with van der Waals surface area (Å²) in [4.78, 5) is 19.2. The van der Waals surface area contributed by atoms with Crippen molar-refractivity contribution in [1.82, 2.24) is 19.9 Å². The van der Waals surface area contributed by atoms with Crippen LogP contribution in [0.15, 0.2) is 98.1 Å². The fraction of sp³-hybridized carbons (Fsp3) is 0. The van der Waals surface area contributed by atoms with Gasteiger partial charge in [0.15, 0.2) is 0 Å². The molecule has 34 heavy (non-hydrogen) atoms. The van der Waals surface area contributed by atoms with Gasteiger partial charge in [0, 0.05) is 70.5 Å². The molecule has 0 aliphatic heterocycles. The molecule has 0 amide bonds. The van der Waals surface area contributed by atoms with E-state index < -0.39 is 10.2 Å². The highest BCUT2D eigenvalue weighted by Crippen LogP contribution is 2.51. The van der Waals surface area contributed by atoms with Crippen LogP contribution in [0.3, 0.4) is 0 Å². The van der Waals surface area contributed by atoms with Crippen molar-refractivity contribution in [3.8, 4) is 43.1 Å². The Balaban J connectivity index is 0.000000499. The molecule has 0 unspecified atom stereocenters. The Hall–Kier alpha value is -3.57. The highest BCUT2D eigenvalue weighted by atomic mass is 35.7. The Morgan fingerprint density at radius 2 is 0.735 bits per heavy atom. The summed E-state index contributed by atoms with van der Waals surface area (Å²) in [5.74, 6) is 0. The van der Waals surface area contributed by atoms with Crippen molar-refractivity contribution in [2.24, 2.45) is 0 Å². The average molecular weight is 493 g/mol. The molecule has 0 fully saturated rings. The summed E-state index contributed by atoms with van der Waals surface area (Å²) in [5.41, 5.74) is 6.95. The lowest BCUT2D eigenvalue weighted by Crippen LogP contribution is -2.58. The van der Waals surface area contributed by atoms with Crippen molar-refractivity contribution >= 4 is 11.3 Å². The van der Waals surface area contributed by atoms with Crippen molar-refractivity contribution < 1.29 is 28.9 Å². The molecule has 0 aliphatic rings. The van der Waals surface area contributed by atoms with Crippen molar-refractivity contribution in [1.29, 1.82) is 0 Å². The molecule has 5 heterocycles. The molecule has 10 heteroatoms. The zero-order valence-electron chi connectivity index (χ0n) is 17.5. The first-order valence-electron chi connectivity index (χ1n) is 9.83. The predicted molar refractivity (Wildman–Crippen MR) is 119 cm³/mol. The predicted octanol–water partition coefficient (Wildman–Crippen LogP) is 1.87. The molecule has 1 N–H and O–H groups in total. The first-order valence-corrected chi connectivity index (χ1v) is 11.9. The van der Waals surface area contributed by atoms with Gasteiger partial charge in [-0.25, -0.2) is 0 Å². The molecule has 0 radical (unpaired) electrons. The SMILES string of the molecule is [O-][Cl+3]([O-])([O-])O.c1cc(-c2sc(-c3ccncc3)c(-c3ccncc3)c2-c2ccncc2)ccn1. The van der Waals surface area contributed by atoms with E-state index in [4.69, 9.17) is 18.6 Å². The lowest BCUT2D eigenvalue weighted by Gasteiger charge is -2.10. The highest BCUT2D eigenvalue weighted by Gasteiger charge is 2.23. The molecule has 170 valence electrons. The summed E-state index contributed by atoms with van der Waals surface area (Å²) in [6.07, 6.45) is 14.7. The van der Waals surface area contributed by atoms with Crippen LogP contribution in [0, 0.1) is 10.2 Å². The summed E-state index contributed by atoms with van der Waals surface area (Å²) in [6, 6.07) is 16.5. The van der Waals surface area contributed by atoms with Crippen LogP contribution < -0.4 is 14.0 Å². The van der Waals surface area contributed by atoms with Crippen molar-refractivity contribution in [2.75, 3.05) is 0 Å². The largest absolute Gasteiger partial charge is 0.265 e. The van der Waals surface area contributed by atoms with Crippen LogP contribution >= 0.6 is 11.3 Å². The fourth-order valence-electron chi connectivity index (χ4n) is 3.43. The van der Waals surface area contributed by atoms with E-state index in [2.05, 4.69) is 68.5 Å². The molecular formula is C24H17ClN4O4S. The summed E-state index contributed by atoms with van der Waals surface area (Å²) in [5, 5.41) is 0. The van der Waals surface area contributed by atoms with E-state index in [9.17, 15) is 0 Å². The maximum atomic E-state index is 8.60. The normalized spacial score (nSPS) is 10.9. The number of thiophene rings is 1. The standard InChI is InChI=1S/C24H16N4S.ClHO4/c1-9-25-10-2-17(1)21-22(18-3-11-26-12-4-18)24(20-7-15-28-16-8-20)29-23(21)19-5-13-27-14-6-19;2-1(3,4)5/h1-16H;(H,2,3,4,5). The summed E-state index contributed by atoms with van der Waals surface area (Å²) in [6.45, 7) is 0. The third-order valence-electron chi connectivity index (χ3n) is 4.73. The zero-order chi connectivity index (χ0) is 24.0. The second-order valence-electron chi connectivity index (χ2n) is 6.85. The highest BCUT2D eigenvalue weighted by molar-refractivity contribution is 7.20. The molecule has 0 saturated heterocycles. The smallest absolute Gasteiger partial charge is 0.0777 e. The first kappa shape index (κ1) is 23.6. The number of halogens is 1. The van der Waals surface area contributed by atoms with Gasteiger partial charge in [-0.05, 0) is 70.8 Å². The maximum absolute atomic E-state index is 8.60. The van der Waals surface area contributed by atoms with E-state index in [0.29, 0.717) is 0 Å². The van der Waals surface area contributed by atoms with Crippen molar-refractivity contribution in [3.05, 3.63) is 98.1 Å². The van der Waals surface area contributed by atoms with E-state index >= 15 is 0 Å². The van der Waals surface area contributed by atoms with E-state index in [-0.39, 0.29) is 0 Å². The molecule has 0 aliphatic carbocycles. The Bertz CT molecular complexity index is 1230. The lowest BCUT2D eigenvalue weighted by molar-refractivity contribution is -1.92. The Labute approximate surface area is 201 Å². The van der Waals surface area contributed by atoms with Crippen molar-refractivity contribution in [2.45, 2.75) is 0 Å². The minimum atomic E-state index is -4.69. The van der Waals surface area contributed by atoms with Crippen LogP contribution in [-0.2, 0) is 0 Å². The monoisotopic (exact) mass is 492 g/mol. The molecule has 0 saturated carbocycles. The summed E-state index contributed by atoms with van der Waals surface area (Å²) >= 11 is 1.79. The number of rotatable bonds is 4. The Kier molecular flexibility index (Phi) is 7.33. The van der Waals surface area contributed by atoms with Gasteiger partial charge in [-0.3, -0.25) is 19.9 Å². The molecule has 0 atom stereocenters. The van der Waals surface area contributed by atoms with Gasteiger partial charge in [-0.1, -0.05) is 0 Å². The van der Waals surface area contributed by atoms with Gasteiger partial charge in [0.1, 0.15) is 0 Å². The molecule has 5 rings (SSSR count). The Morgan fingerprint density at radius 3 is 1.00 bits per heavy atom. The third kappa shape index (κ3) is 5.86. The fourth-order valence-corrected chi connectivity index (χ4v) is 4.79. The molecular weight excluding hydrogens is 476 g/mol. The van der Waals surface area contributed by atoms with E-state index in [1.807, 2.05) is 49.6 Å². The molecule has 0 aromatic carbocycles. The number of aromatic nitrogens is 4. The van der Waals surface area contributed by atoms with Crippen LogP contribution in [0.25, 0.3) is 43.1 Å². The lowest BCUT2D eigenvalue weighted by atomic mass is 9.93. The number of hydrogen-bond acceptors (Lipinski definition) is 9. The number of pyridine rings is 4. The Morgan fingerprint density at radius 1 is 0.500 bits per heavy atom. The second-order valence-corrected chi connectivity index (χ2v) is 8.66. The van der Waals surface area contributed by atoms with Gasteiger partial charge in [-0.15, -0.1) is 11.3 Å². The van der Waals surface area contributed by atoms with Gasteiger partial charge in [-0.2, -0.15) is 14.0 Å². The average Bonchev–Trinajstić information content (AvgIpc) is 3.26. The van der Waals surface area contributed by atoms with E-state index in [0.717, 1.165) is 22.3 Å². The van der Waals surface area contributed by atoms with Crippen LogP contribution in [0.2, 0.25) is 0 Å². The molecule has 8 nitrogen and oxygen atoms in total. The van der Waals surface area contributed by atoms with Gasteiger partial charge < -0.3 is 0 Å². The van der Waals surface area contributed by atoms with Crippen LogP contribution in [0.4, 0.5) is 0 Å². The molecule has 5 aromatic heterocycles. The van der Waals surface area contributed by atoms with Gasteiger partial charge in [0.2, 0.25) is 0 Å². The van der Waals surface area contributed by atoms with E-state index in [1.165, 1.54) is 20.9 Å². The maximum Gasteiger partial charge on any atom is 0.0777 e. The second kappa shape index (κ2) is 10.6. The van der Waals surface area contributed by atoms with Crippen LogP contribution in [0.1, 0.15) is 0 Å². The van der Waals surface area contributed by atoms with Crippen LogP contribution in [-0.4, -0.2) is 24.6 Å². The van der Waals surface area contributed by atoms with Gasteiger partial charge >= 0.3 is 0 Å². The molecule has 0 bridgehead atoms. The minimum Gasteiger partial charge on any atom is -0.265 e. The van der Waals surface area contributed by atoms with Gasteiger partial charge in [0.05, 0.1) is 14.9 Å². The van der Waals surface area contributed by atoms with Crippen molar-refractivity contribution in [3.63, 3.8) is 0 Å². The van der Waals surface area contributed by atoms with E-state index in [1.54, 1.807) is 11.3 Å². The van der Waals surface area contributed by atoms with Crippen LogP contribution in [0.5, 0.6) is 0 Å². The van der Waals surface area contributed by atoms with Gasteiger partial charge in [0.25, 0.3) is 0 Å². The minimum absolute atomic E-state index is 1.13. The molecule has 5 aromatic rings. The zero-order valence-corrected chi connectivity index (χ0v) is 19.1. The third-order valence-corrected chi connectivity index (χ3v) is 6.02.